The van der Waals surface area contributed by atoms with Crippen LogP contribution in [0, 0.1) is 6.92 Å². The van der Waals surface area contributed by atoms with Gasteiger partial charge in [-0.3, -0.25) is 4.72 Å². The number of aryl methyl sites for hydroxylation is 1. The summed E-state index contributed by atoms with van der Waals surface area (Å²) in [6.07, 6.45) is 0. The van der Waals surface area contributed by atoms with Gasteiger partial charge in [0.1, 0.15) is 5.75 Å². The van der Waals surface area contributed by atoms with Crippen LogP contribution < -0.4 is 14.6 Å². The smallest absolute Gasteiger partial charge is 0.296 e. The summed E-state index contributed by atoms with van der Waals surface area (Å²) in [4.78, 5) is 0. The molecule has 15 heavy (non-hydrogen) atoms. The fraction of sp³-hybridized carbons (Fsp3) is 0.250. The average Bonchev–Trinajstić information content (AvgIpc) is 2.07. The summed E-state index contributed by atoms with van der Waals surface area (Å²) in [6.45, 7) is 1.75. The Labute approximate surface area is 96.9 Å². The van der Waals surface area contributed by atoms with Crippen LogP contribution in [0.4, 0.5) is 5.69 Å². The first-order valence-corrected chi connectivity index (χ1v) is 6.32. The van der Waals surface area contributed by atoms with Crippen molar-refractivity contribution in [3.05, 3.63) is 22.2 Å². The van der Waals surface area contributed by atoms with Crippen LogP contribution in [-0.4, -0.2) is 15.5 Å². The molecular formula is C8H11BrN2O3S. The van der Waals surface area contributed by atoms with Crippen LogP contribution >= 0.6 is 15.9 Å². The Morgan fingerprint density at radius 3 is 2.53 bits per heavy atom. The number of benzene rings is 1. The molecule has 0 bridgehead atoms. The van der Waals surface area contributed by atoms with Gasteiger partial charge in [-0.2, -0.15) is 8.42 Å². The summed E-state index contributed by atoms with van der Waals surface area (Å²) >= 11 is 3.28. The van der Waals surface area contributed by atoms with E-state index in [1.165, 1.54) is 7.11 Å². The van der Waals surface area contributed by atoms with Crippen LogP contribution in [0.15, 0.2) is 16.6 Å². The van der Waals surface area contributed by atoms with E-state index in [2.05, 4.69) is 20.7 Å². The Hall–Kier alpha value is -0.790. The van der Waals surface area contributed by atoms with Gasteiger partial charge in [0.25, 0.3) is 10.2 Å². The number of hydrogen-bond acceptors (Lipinski definition) is 3. The maximum Gasteiger partial charge on any atom is 0.296 e. The molecule has 0 aliphatic rings. The van der Waals surface area contributed by atoms with Crippen molar-refractivity contribution in [2.24, 2.45) is 5.14 Å². The lowest BCUT2D eigenvalue weighted by Gasteiger charge is -2.12. The van der Waals surface area contributed by atoms with Crippen LogP contribution in [0.1, 0.15) is 5.56 Å². The molecular weight excluding hydrogens is 284 g/mol. The Kier molecular flexibility index (Phi) is 3.58. The predicted molar refractivity (Wildman–Crippen MR) is 62.2 cm³/mol. The molecule has 0 spiro atoms. The van der Waals surface area contributed by atoms with Crippen LogP contribution in [0.5, 0.6) is 5.75 Å². The summed E-state index contributed by atoms with van der Waals surface area (Å²) in [7, 11) is -2.34. The van der Waals surface area contributed by atoms with Gasteiger partial charge in [-0.25, -0.2) is 5.14 Å². The summed E-state index contributed by atoms with van der Waals surface area (Å²) in [6, 6.07) is 3.41. The van der Waals surface area contributed by atoms with E-state index in [9.17, 15) is 8.42 Å². The number of nitrogens with two attached hydrogens (primary N) is 1. The Balaban J connectivity index is 3.27. The highest BCUT2D eigenvalue weighted by Gasteiger charge is 2.12. The second-order valence-electron chi connectivity index (χ2n) is 2.95. The van der Waals surface area contributed by atoms with E-state index in [0.29, 0.717) is 11.4 Å². The van der Waals surface area contributed by atoms with E-state index in [1.807, 2.05) is 0 Å². The highest BCUT2D eigenvalue weighted by atomic mass is 79.9. The Morgan fingerprint density at radius 1 is 1.47 bits per heavy atom. The quantitative estimate of drug-likeness (QED) is 0.884. The van der Waals surface area contributed by atoms with E-state index in [1.54, 1.807) is 19.1 Å². The van der Waals surface area contributed by atoms with E-state index >= 15 is 0 Å². The van der Waals surface area contributed by atoms with E-state index < -0.39 is 10.2 Å². The molecule has 0 unspecified atom stereocenters. The second kappa shape index (κ2) is 4.38. The molecule has 5 nitrogen and oxygen atoms in total. The lowest BCUT2D eigenvalue weighted by Crippen LogP contribution is -2.22. The topological polar surface area (TPSA) is 81.4 Å². The van der Waals surface area contributed by atoms with Crippen molar-refractivity contribution in [2.45, 2.75) is 6.92 Å². The van der Waals surface area contributed by atoms with E-state index in [4.69, 9.17) is 9.88 Å². The third-order valence-corrected chi connectivity index (χ3v) is 2.67. The molecule has 0 fully saturated rings. The molecule has 3 N–H and O–H groups in total. The summed E-state index contributed by atoms with van der Waals surface area (Å²) in [5.41, 5.74) is 1.07. The number of hydrogen-bond donors (Lipinski definition) is 2. The fourth-order valence-corrected chi connectivity index (χ4v) is 2.24. The normalized spacial score (nSPS) is 11.2. The molecule has 0 radical (unpaired) electrons. The summed E-state index contributed by atoms with van der Waals surface area (Å²) in [5.74, 6) is 0.413. The van der Waals surface area contributed by atoms with E-state index in [-0.39, 0.29) is 0 Å². The Morgan fingerprint density at radius 2 is 2.07 bits per heavy atom. The zero-order valence-corrected chi connectivity index (χ0v) is 10.6. The van der Waals surface area contributed by atoms with Gasteiger partial charge in [0, 0.05) is 4.47 Å². The first-order valence-electron chi connectivity index (χ1n) is 3.98. The van der Waals surface area contributed by atoms with Gasteiger partial charge >= 0.3 is 0 Å². The lowest BCUT2D eigenvalue weighted by molar-refractivity contribution is 0.416. The predicted octanol–water partition coefficient (Wildman–Crippen LogP) is 1.38. The molecule has 1 aromatic carbocycles. The third kappa shape index (κ3) is 3.37. The molecule has 0 aliphatic heterocycles. The Bertz CT molecular complexity index is 473. The van der Waals surface area contributed by atoms with Crippen LogP contribution in [-0.2, 0) is 10.2 Å². The van der Waals surface area contributed by atoms with Gasteiger partial charge in [-0.1, -0.05) is 15.9 Å². The largest absolute Gasteiger partial charge is 0.495 e. The van der Waals surface area contributed by atoms with Crippen LogP contribution in [0.2, 0.25) is 0 Å². The number of halogens is 1. The maximum absolute atomic E-state index is 10.9. The average molecular weight is 295 g/mol. The van der Waals surface area contributed by atoms with Gasteiger partial charge in [0.15, 0.2) is 0 Å². The van der Waals surface area contributed by atoms with Crippen molar-refractivity contribution < 1.29 is 13.2 Å². The molecule has 84 valence electrons. The highest BCUT2D eigenvalue weighted by molar-refractivity contribution is 9.10. The first kappa shape index (κ1) is 12.3. The van der Waals surface area contributed by atoms with Crippen LogP contribution in [0.25, 0.3) is 0 Å². The third-order valence-electron chi connectivity index (χ3n) is 1.73. The van der Waals surface area contributed by atoms with Crippen molar-refractivity contribution in [3.8, 4) is 5.75 Å². The molecule has 0 saturated heterocycles. The molecule has 1 rings (SSSR count). The fourth-order valence-electron chi connectivity index (χ4n) is 1.15. The molecule has 0 amide bonds. The zero-order chi connectivity index (χ0) is 11.6. The van der Waals surface area contributed by atoms with Gasteiger partial charge in [-0.05, 0) is 24.6 Å². The summed E-state index contributed by atoms with van der Waals surface area (Å²) in [5, 5.41) is 4.89. The molecule has 0 saturated carbocycles. The van der Waals surface area contributed by atoms with Gasteiger partial charge in [-0.15, -0.1) is 0 Å². The highest BCUT2D eigenvalue weighted by Crippen LogP contribution is 2.32. The molecule has 0 heterocycles. The number of methoxy groups -OCH3 is 1. The minimum Gasteiger partial charge on any atom is -0.495 e. The van der Waals surface area contributed by atoms with Crippen molar-refractivity contribution in [1.82, 2.24) is 0 Å². The number of nitrogens with one attached hydrogen (secondary N) is 1. The van der Waals surface area contributed by atoms with Gasteiger partial charge < -0.3 is 4.74 Å². The van der Waals surface area contributed by atoms with E-state index in [0.717, 1.165) is 10.0 Å². The minimum atomic E-state index is -3.79. The SMILES string of the molecule is COc1cc(Br)cc(C)c1NS(N)(=O)=O. The van der Waals surface area contributed by atoms with Gasteiger partial charge in [0.05, 0.1) is 12.8 Å². The number of rotatable bonds is 3. The van der Waals surface area contributed by atoms with Crippen molar-refractivity contribution >= 4 is 31.8 Å². The molecule has 7 heteroatoms. The second-order valence-corrected chi connectivity index (χ2v) is 5.16. The van der Waals surface area contributed by atoms with Crippen molar-refractivity contribution in [1.29, 1.82) is 0 Å². The van der Waals surface area contributed by atoms with Crippen molar-refractivity contribution in [3.63, 3.8) is 0 Å². The van der Waals surface area contributed by atoms with Crippen LogP contribution in [0.3, 0.4) is 0 Å². The van der Waals surface area contributed by atoms with Gasteiger partial charge in [0.2, 0.25) is 0 Å². The molecule has 0 atom stereocenters. The molecule has 1 aromatic rings. The zero-order valence-electron chi connectivity index (χ0n) is 8.24. The standard InChI is InChI=1S/C8H11BrN2O3S/c1-5-3-6(9)4-7(14-2)8(5)11-15(10,12)13/h3-4,11H,1-2H3,(H2,10,12,13). The number of ether oxygens (including phenoxy) is 1. The summed E-state index contributed by atoms with van der Waals surface area (Å²) < 4.78 is 29.9. The molecule has 0 aliphatic carbocycles. The first-order chi connectivity index (χ1) is 6.83. The monoisotopic (exact) mass is 294 g/mol. The minimum absolute atomic E-state index is 0.350. The lowest BCUT2D eigenvalue weighted by atomic mass is 10.2. The number of anilines is 1. The maximum atomic E-state index is 10.9. The molecule has 0 aromatic heterocycles. The van der Waals surface area contributed by atoms with Crippen molar-refractivity contribution in [2.75, 3.05) is 11.8 Å².